The zero-order valence-corrected chi connectivity index (χ0v) is 7.09. The number of aryl methyl sites for hydroxylation is 1. The van der Waals surface area contributed by atoms with E-state index in [1.165, 1.54) is 5.56 Å². The average Bonchev–Trinajstić information content (AvgIpc) is 2.03. The standard InChI is InChI=1S/C9H14N2/c1-3-10-7-9-8(2)5-4-6-11-9/h4-6,10H,3,7H2,1-2H3. The summed E-state index contributed by atoms with van der Waals surface area (Å²) in [4.78, 5) is 4.25. The number of hydrogen-bond donors (Lipinski definition) is 1. The van der Waals surface area contributed by atoms with E-state index in [1.54, 1.807) is 0 Å². The van der Waals surface area contributed by atoms with E-state index in [2.05, 4.69) is 30.2 Å². The van der Waals surface area contributed by atoms with Gasteiger partial charge in [0.05, 0.1) is 5.69 Å². The summed E-state index contributed by atoms with van der Waals surface area (Å²) in [6.07, 6.45) is 1.83. The van der Waals surface area contributed by atoms with Gasteiger partial charge in [-0.15, -0.1) is 0 Å². The first kappa shape index (κ1) is 8.21. The molecule has 0 aliphatic carbocycles. The second-order valence-electron chi connectivity index (χ2n) is 2.55. The third kappa shape index (κ3) is 2.31. The summed E-state index contributed by atoms with van der Waals surface area (Å²) in [6.45, 7) is 6.05. The molecule has 0 aromatic carbocycles. The Morgan fingerprint density at radius 2 is 2.36 bits per heavy atom. The van der Waals surface area contributed by atoms with Gasteiger partial charge in [-0.3, -0.25) is 4.98 Å². The van der Waals surface area contributed by atoms with E-state index in [4.69, 9.17) is 0 Å². The summed E-state index contributed by atoms with van der Waals surface area (Å²) in [5, 5.41) is 3.24. The van der Waals surface area contributed by atoms with Crippen LogP contribution in [-0.4, -0.2) is 11.5 Å². The Morgan fingerprint density at radius 1 is 1.55 bits per heavy atom. The van der Waals surface area contributed by atoms with Gasteiger partial charge in [-0.2, -0.15) is 0 Å². The largest absolute Gasteiger partial charge is 0.311 e. The summed E-state index contributed by atoms with van der Waals surface area (Å²) in [5.74, 6) is 0. The van der Waals surface area contributed by atoms with Crippen LogP contribution in [0.3, 0.4) is 0 Å². The van der Waals surface area contributed by atoms with Crippen LogP contribution >= 0.6 is 0 Å². The number of pyridine rings is 1. The molecule has 0 aliphatic rings. The fourth-order valence-corrected chi connectivity index (χ4v) is 0.947. The molecule has 2 nitrogen and oxygen atoms in total. The van der Waals surface area contributed by atoms with Crippen molar-refractivity contribution in [1.82, 2.24) is 10.3 Å². The van der Waals surface area contributed by atoms with Crippen molar-refractivity contribution in [3.8, 4) is 0 Å². The third-order valence-corrected chi connectivity index (χ3v) is 1.66. The Kier molecular flexibility index (Phi) is 3.05. The van der Waals surface area contributed by atoms with Gasteiger partial charge in [0.25, 0.3) is 0 Å². The van der Waals surface area contributed by atoms with E-state index < -0.39 is 0 Å². The van der Waals surface area contributed by atoms with Gasteiger partial charge in [0.15, 0.2) is 0 Å². The van der Waals surface area contributed by atoms with Crippen LogP contribution in [0.5, 0.6) is 0 Å². The lowest BCUT2D eigenvalue weighted by molar-refractivity contribution is 0.706. The van der Waals surface area contributed by atoms with Crippen LogP contribution < -0.4 is 5.32 Å². The molecule has 2 heteroatoms. The van der Waals surface area contributed by atoms with E-state index in [0.717, 1.165) is 18.8 Å². The molecule has 0 atom stereocenters. The Hall–Kier alpha value is -0.890. The van der Waals surface area contributed by atoms with Crippen LogP contribution in [0, 0.1) is 6.92 Å². The monoisotopic (exact) mass is 150 g/mol. The fraction of sp³-hybridized carbons (Fsp3) is 0.444. The minimum atomic E-state index is 0.878. The van der Waals surface area contributed by atoms with E-state index in [-0.39, 0.29) is 0 Å². The molecular weight excluding hydrogens is 136 g/mol. The molecule has 0 aliphatic heterocycles. The van der Waals surface area contributed by atoms with Crippen molar-refractivity contribution in [2.45, 2.75) is 20.4 Å². The zero-order chi connectivity index (χ0) is 8.10. The highest BCUT2D eigenvalue weighted by Crippen LogP contribution is 2.01. The van der Waals surface area contributed by atoms with Gasteiger partial charge in [-0.25, -0.2) is 0 Å². The molecular formula is C9H14N2. The van der Waals surface area contributed by atoms with Crippen LogP contribution in [-0.2, 0) is 6.54 Å². The number of nitrogens with zero attached hydrogens (tertiary/aromatic N) is 1. The summed E-state index contributed by atoms with van der Waals surface area (Å²) < 4.78 is 0. The molecule has 0 saturated heterocycles. The van der Waals surface area contributed by atoms with Gasteiger partial charge >= 0.3 is 0 Å². The van der Waals surface area contributed by atoms with Crippen LogP contribution in [0.25, 0.3) is 0 Å². The number of hydrogen-bond acceptors (Lipinski definition) is 2. The van der Waals surface area contributed by atoms with Gasteiger partial charge in [0.2, 0.25) is 0 Å². The highest BCUT2D eigenvalue weighted by Gasteiger charge is 1.95. The lowest BCUT2D eigenvalue weighted by Crippen LogP contribution is -2.13. The summed E-state index contributed by atoms with van der Waals surface area (Å²) in [7, 11) is 0. The molecule has 0 unspecified atom stereocenters. The first-order valence-electron chi connectivity index (χ1n) is 3.95. The van der Waals surface area contributed by atoms with E-state index >= 15 is 0 Å². The van der Waals surface area contributed by atoms with Crippen molar-refractivity contribution in [1.29, 1.82) is 0 Å². The average molecular weight is 150 g/mol. The Balaban J connectivity index is 2.62. The highest BCUT2D eigenvalue weighted by molar-refractivity contribution is 5.17. The van der Waals surface area contributed by atoms with Gasteiger partial charge < -0.3 is 5.32 Å². The maximum atomic E-state index is 4.25. The fourth-order valence-electron chi connectivity index (χ4n) is 0.947. The zero-order valence-electron chi connectivity index (χ0n) is 7.09. The second kappa shape index (κ2) is 4.09. The predicted molar refractivity (Wildman–Crippen MR) is 46.4 cm³/mol. The van der Waals surface area contributed by atoms with Crippen molar-refractivity contribution in [3.05, 3.63) is 29.6 Å². The molecule has 0 amide bonds. The van der Waals surface area contributed by atoms with Gasteiger partial charge in [0.1, 0.15) is 0 Å². The van der Waals surface area contributed by atoms with Crippen LogP contribution in [0.15, 0.2) is 18.3 Å². The molecule has 1 rings (SSSR count). The highest BCUT2D eigenvalue weighted by atomic mass is 14.9. The minimum absolute atomic E-state index is 0.878. The number of aromatic nitrogens is 1. The predicted octanol–water partition coefficient (Wildman–Crippen LogP) is 1.50. The quantitative estimate of drug-likeness (QED) is 0.706. The molecule has 0 fully saturated rings. The van der Waals surface area contributed by atoms with Crippen LogP contribution in [0.2, 0.25) is 0 Å². The first-order valence-corrected chi connectivity index (χ1v) is 3.95. The van der Waals surface area contributed by atoms with Crippen molar-refractivity contribution in [2.24, 2.45) is 0 Å². The van der Waals surface area contributed by atoms with E-state index in [9.17, 15) is 0 Å². The Labute approximate surface area is 67.7 Å². The first-order chi connectivity index (χ1) is 5.34. The normalized spacial score (nSPS) is 10.0. The topological polar surface area (TPSA) is 24.9 Å². The minimum Gasteiger partial charge on any atom is -0.311 e. The lowest BCUT2D eigenvalue weighted by Gasteiger charge is -2.03. The van der Waals surface area contributed by atoms with Crippen LogP contribution in [0.1, 0.15) is 18.2 Å². The molecule has 1 N–H and O–H groups in total. The molecule has 11 heavy (non-hydrogen) atoms. The molecule has 1 heterocycles. The lowest BCUT2D eigenvalue weighted by atomic mass is 10.2. The summed E-state index contributed by atoms with van der Waals surface area (Å²) >= 11 is 0. The number of rotatable bonds is 3. The third-order valence-electron chi connectivity index (χ3n) is 1.66. The Bertz CT molecular complexity index is 221. The molecule has 1 aromatic heterocycles. The van der Waals surface area contributed by atoms with Gasteiger partial charge in [-0.05, 0) is 25.1 Å². The Morgan fingerprint density at radius 3 is 3.00 bits per heavy atom. The van der Waals surface area contributed by atoms with Crippen LogP contribution in [0.4, 0.5) is 0 Å². The smallest absolute Gasteiger partial charge is 0.0570 e. The molecule has 0 radical (unpaired) electrons. The number of nitrogens with one attached hydrogen (secondary N) is 1. The van der Waals surface area contributed by atoms with E-state index in [1.807, 2.05) is 12.3 Å². The summed E-state index contributed by atoms with van der Waals surface area (Å²) in [6, 6.07) is 4.05. The van der Waals surface area contributed by atoms with E-state index in [0.29, 0.717) is 0 Å². The maximum absolute atomic E-state index is 4.25. The van der Waals surface area contributed by atoms with Crippen molar-refractivity contribution < 1.29 is 0 Å². The second-order valence-corrected chi connectivity index (χ2v) is 2.55. The van der Waals surface area contributed by atoms with Crippen molar-refractivity contribution in [3.63, 3.8) is 0 Å². The summed E-state index contributed by atoms with van der Waals surface area (Å²) in [5.41, 5.74) is 2.41. The molecule has 0 bridgehead atoms. The molecule has 1 aromatic rings. The molecule has 60 valence electrons. The maximum Gasteiger partial charge on any atom is 0.0570 e. The van der Waals surface area contributed by atoms with Gasteiger partial charge in [-0.1, -0.05) is 13.0 Å². The molecule has 0 spiro atoms. The molecule has 0 saturated carbocycles. The van der Waals surface area contributed by atoms with Gasteiger partial charge in [0, 0.05) is 12.7 Å². The van der Waals surface area contributed by atoms with Crippen molar-refractivity contribution in [2.75, 3.05) is 6.54 Å². The van der Waals surface area contributed by atoms with Crippen molar-refractivity contribution >= 4 is 0 Å². The SMILES string of the molecule is CCNCc1ncccc1C.